The van der Waals surface area contributed by atoms with E-state index >= 15 is 0 Å². The smallest absolute Gasteiger partial charge is 0.237 e. The van der Waals surface area contributed by atoms with Crippen molar-refractivity contribution in [1.29, 1.82) is 0 Å². The highest BCUT2D eigenvalue weighted by Gasteiger charge is 2.32. The molecule has 1 saturated heterocycles. The van der Waals surface area contributed by atoms with E-state index in [-0.39, 0.29) is 0 Å². The van der Waals surface area contributed by atoms with E-state index in [4.69, 9.17) is 0 Å². The standard InChI is InChI=1S/C15H28N2O/c1-4-13-5-7-14(8-6-13)17-10-9-16(12(2)3)11-15(17)18/h12-14H,4-11H2,1-3H3. The molecule has 0 aromatic heterocycles. The maximum absolute atomic E-state index is 12.2. The van der Waals surface area contributed by atoms with E-state index in [9.17, 15) is 4.79 Å². The zero-order valence-electron chi connectivity index (χ0n) is 12.2. The van der Waals surface area contributed by atoms with Crippen molar-refractivity contribution in [3.8, 4) is 0 Å². The minimum atomic E-state index is 0.356. The largest absolute Gasteiger partial charge is 0.337 e. The maximum atomic E-state index is 12.2. The summed E-state index contributed by atoms with van der Waals surface area (Å²) < 4.78 is 0. The molecule has 2 rings (SSSR count). The van der Waals surface area contributed by atoms with Gasteiger partial charge < -0.3 is 4.90 Å². The summed E-state index contributed by atoms with van der Waals surface area (Å²) in [5.41, 5.74) is 0. The number of piperazine rings is 1. The number of carbonyl (C=O) groups is 1. The first-order chi connectivity index (χ1) is 8.61. The average molecular weight is 252 g/mol. The summed E-state index contributed by atoms with van der Waals surface area (Å²) in [6.45, 7) is 9.27. The summed E-state index contributed by atoms with van der Waals surface area (Å²) in [7, 11) is 0. The predicted octanol–water partition coefficient (Wildman–Crippen LogP) is 2.51. The van der Waals surface area contributed by atoms with E-state index in [1.807, 2.05) is 0 Å². The van der Waals surface area contributed by atoms with Crippen molar-refractivity contribution >= 4 is 5.91 Å². The van der Waals surface area contributed by atoms with E-state index in [0.717, 1.165) is 19.0 Å². The van der Waals surface area contributed by atoms with Crippen LogP contribution in [0.4, 0.5) is 0 Å². The number of carbonyl (C=O) groups excluding carboxylic acids is 1. The third kappa shape index (κ3) is 3.05. The van der Waals surface area contributed by atoms with Crippen molar-refractivity contribution in [1.82, 2.24) is 9.80 Å². The van der Waals surface area contributed by atoms with E-state index in [2.05, 4.69) is 30.6 Å². The molecule has 0 aromatic carbocycles. The Kier molecular flexibility index (Phi) is 4.66. The molecule has 3 heteroatoms. The Hall–Kier alpha value is -0.570. The Bertz CT molecular complexity index is 282. The Labute approximate surface area is 112 Å². The van der Waals surface area contributed by atoms with Crippen LogP contribution in [0, 0.1) is 5.92 Å². The lowest BCUT2D eigenvalue weighted by Gasteiger charge is -2.42. The lowest BCUT2D eigenvalue weighted by atomic mass is 9.83. The van der Waals surface area contributed by atoms with Crippen LogP contribution in [0.3, 0.4) is 0 Å². The van der Waals surface area contributed by atoms with Crippen molar-refractivity contribution in [2.75, 3.05) is 19.6 Å². The highest BCUT2D eigenvalue weighted by molar-refractivity contribution is 5.79. The number of hydrogen-bond donors (Lipinski definition) is 0. The molecule has 18 heavy (non-hydrogen) atoms. The van der Waals surface area contributed by atoms with Crippen molar-refractivity contribution < 1.29 is 4.79 Å². The molecule has 0 aromatic rings. The number of rotatable bonds is 3. The van der Waals surface area contributed by atoms with Gasteiger partial charge in [0.05, 0.1) is 6.54 Å². The summed E-state index contributed by atoms with van der Waals surface area (Å²) in [6.07, 6.45) is 6.40. The summed E-state index contributed by atoms with van der Waals surface area (Å²) >= 11 is 0. The van der Waals surface area contributed by atoms with Crippen LogP contribution >= 0.6 is 0 Å². The van der Waals surface area contributed by atoms with E-state index < -0.39 is 0 Å². The van der Waals surface area contributed by atoms with Crippen LogP contribution in [0.2, 0.25) is 0 Å². The van der Waals surface area contributed by atoms with Crippen molar-refractivity contribution in [2.45, 2.75) is 65.0 Å². The van der Waals surface area contributed by atoms with Gasteiger partial charge in [-0.1, -0.05) is 13.3 Å². The normalized spacial score (nSPS) is 31.1. The summed E-state index contributed by atoms with van der Waals surface area (Å²) in [5.74, 6) is 1.27. The van der Waals surface area contributed by atoms with Gasteiger partial charge in [-0.15, -0.1) is 0 Å². The third-order valence-electron chi connectivity index (χ3n) is 4.85. The van der Waals surface area contributed by atoms with Crippen LogP contribution in [0.1, 0.15) is 52.9 Å². The topological polar surface area (TPSA) is 23.6 Å². The Morgan fingerprint density at radius 2 is 1.83 bits per heavy atom. The molecule has 0 unspecified atom stereocenters. The Morgan fingerprint density at radius 1 is 1.17 bits per heavy atom. The van der Waals surface area contributed by atoms with Gasteiger partial charge in [0.1, 0.15) is 0 Å². The summed E-state index contributed by atoms with van der Waals surface area (Å²) in [5, 5.41) is 0. The van der Waals surface area contributed by atoms with Crippen LogP contribution in [0.25, 0.3) is 0 Å². The molecule has 1 heterocycles. The van der Waals surface area contributed by atoms with Crippen LogP contribution in [0.15, 0.2) is 0 Å². The monoisotopic (exact) mass is 252 g/mol. The van der Waals surface area contributed by atoms with Gasteiger partial charge in [-0.3, -0.25) is 9.69 Å². The van der Waals surface area contributed by atoms with Gasteiger partial charge in [0.25, 0.3) is 0 Å². The van der Waals surface area contributed by atoms with Crippen LogP contribution in [0.5, 0.6) is 0 Å². The van der Waals surface area contributed by atoms with Gasteiger partial charge in [-0.05, 0) is 45.4 Å². The van der Waals surface area contributed by atoms with Gasteiger partial charge in [0.15, 0.2) is 0 Å². The quantitative estimate of drug-likeness (QED) is 0.770. The average Bonchev–Trinajstić information content (AvgIpc) is 2.38. The van der Waals surface area contributed by atoms with Crippen LogP contribution < -0.4 is 0 Å². The van der Waals surface area contributed by atoms with Crippen molar-refractivity contribution in [3.63, 3.8) is 0 Å². The first-order valence-electron chi connectivity index (χ1n) is 7.65. The molecule has 0 N–H and O–H groups in total. The molecular weight excluding hydrogens is 224 g/mol. The first-order valence-corrected chi connectivity index (χ1v) is 7.65. The second-order valence-electron chi connectivity index (χ2n) is 6.23. The molecule has 0 spiro atoms. The van der Waals surface area contributed by atoms with Crippen molar-refractivity contribution in [3.05, 3.63) is 0 Å². The SMILES string of the molecule is CCC1CCC(N2CCN(C(C)C)CC2=O)CC1. The molecule has 1 saturated carbocycles. The molecular formula is C15H28N2O. The maximum Gasteiger partial charge on any atom is 0.237 e. The molecule has 1 aliphatic carbocycles. The first kappa shape index (κ1) is 13.9. The Morgan fingerprint density at radius 3 is 2.33 bits per heavy atom. The molecule has 1 aliphatic heterocycles. The van der Waals surface area contributed by atoms with E-state index in [1.54, 1.807) is 0 Å². The lowest BCUT2D eigenvalue weighted by Crippen LogP contribution is -2.56. The fourth-order valence-electron chi connectivity index (χ4n) is 3.40. The molecule has 1 amide bonds. The number of amides is 1. The lowest BCUT2D eigenvalue weighted by molar-refractivity contribution is -0.140. The fraction of sp³-hybridized carbons (Fsp3) is 0.933. The number of hydrogen-bond acceptors (Lipinski definition) is 2. The van der Waals surface area contributed by atoms with E-state index in [0.29, 0.717) is 24.5 Å². The molecule has 2 aliphatic rings. The van der Waals surface area contributed by atoms with Crippen LogP contribution in [-0.4, -0.2) is 47.4 Å². The molecule has 2 fully saturated rings. The highest BCUT2D eigenvalue weighted by atomic mass is 16.2. The highest BCUT2D eigenvalue weighted by Crippen LogP contribution is 2.30. The van der Waals surface area contributed by atoms with Gasteiger partial charge >= 0.3 is 0 Å². The van der Waals surface area contributed by atoms with Gasteiger partial charge in [-0.25, -0.2) is 0 Å². The molecule has 0 bridgehead atoms. The minimum absolute atomic E-state index is 0.356. The summed E-state index contributed by atoms with van der Waals surface area (Å²) in [4.78, 5) is 16.7. The van der Waals surface area contributed by atoms with Crippen LogP contribution in [-0.2, 0) is 4.79 Å². The molecule has 104 valence electrons. The minimum Gasteiger partial charge on any atom is -0.337 e. The third-order valence-corrected chi connectivity index (χ3v) is 4.85. The zero-order chi connectivity index (χ0) is 13.1. The second kappa shape index (κ2) is 6.05. The van der Waals surface area contributed by atoms with Crippen molar-refractivity contribution in [2.24, 2.45) is 5.92 Å². The Balaban J connectivity index is 1.86. The number of nitrogens with zero attached hydrogens (tertiary/aromatic N) is 2. The molecule has 3 nitrogen and oxygen atoms in total. The molecule has 0 atom stereocenters. The van der Waals surface area contributed by atoms with Gasteiger partial charge in [0.2, 0.25) is 5.91 Å². The fourth-order valence-corrected chi connectivity index (χ4v) is 3.40. The zero-order valence-corrected chi connectivity index (χ0v) is 12.2. The second-order valence-corrected chi connectivity index (χ2v) is 6.23. The van der Waals surface area contributed by atoms with Gasteiger partial charge in [0, 0.05) is 25.2 Å². The predicted molar refractivity (Wildman–Crippen MR) is 74.5 cm³/mol. The molecule has 0 radical (unpaired) electrons. The van der Waals surface area contributed by atoms with Gasteiger partial charge in [-0.2, -0.15) is 0 Å². The summed E-state index contributed by atoms with van der Waals surface area (Å²) in [6, 6.07) is 1.03. The van der Waals surface area contributed by atoms with E-state index in [1.165, 1.54) is 32.1 Å².